The van der Waals surface area contributed by atoms with E-state index in [1.165, 1.54) is 5.57 Å². The fourth-order valence-corrected chi connectivity index (χ4v) is 3.05. The molecule has 1 aliphatic heterocycles. The predicted molar refractivity (Wildman–Crippen MR) is 76.8 cm³/mol. The molecular formula is C16H20N2O. The Labute approximate surface area is 114 Å². The van der Waals surface area contributed by atoms with Crippen LogP contribution in [0.1, 0.15) is 45.4 Å². The minimum atomic E-state index is 0.246. The highest BCUT2D eigenvalue weighted by molar-refractivity contribution is 6.14. The lowest BCUT2D eigenvalue weighted by Gasteiger charge is -2.30. The van der Waals surface area contributed by atoms with Crippen LogP contribution in [-0.2, 0) is 4.79 Å². The van der Waals surface area contributed by atoms with Gasteiger partial charge in [-0.15, -0.1) is 0 Å². The highest BCUT2D eigenvalue weighted by Crippen LogP contribution is 2.36. The minimum Gasteiger partial charge on any atom is -0.343 e. The molecule has 0 bridgehead atoms. The van der Waals surface area contributed by atoms with Gasteiger partial charge in [-0.1, -0.05) is 19.4 Å². The molecule has 0 amide bonds. The quantitative estimate of drug-likeness (QED) is 0.775. The molecule has 0 spiro atoms. The predicted octanol–water partition coefficient (Wildman–Crippen LogP) is 3.35. The first-order valence-electron chi connectivity index (χ1n) is 7.28. The third kappa shape index (κ3) is 2.18. The number of allylic oxidation sites excluding steroid dienone is 4. The van der Waals surface area contributed by atoms with Gasteiger partial charge >= 0.3 is 0 Å². The molecule has 0 aromatic heterocycles. The Morgan fingerprint density at radius 2 is 2.26 bits per heavy atom. The summed E-state index contributed by atoms with van der Waals surface area (Å²) in [5.41, 5.74) is 4.49. The average molecular weight is 256 g/mol. The molecular weight excluding hydrogens is 236 g/mol. The number of hydrogen-bond acceptors (Lipinski definition) is 3. The maximum absolute atomic E-state index is 12.4. The first-order valence-corrected chi connectivity index (χ1v) is 7.28. The molecule has 100 valence electrons. The van der Waals surface area contributed by atoms with E-state index in [9.17, 15) is 4.79 Å². The van der Waals surface area contributed by atoms with Gasteiger partial charge in [0, 0.05) is 30.9 Å². The first kappa shape index (κ1) is 12.4. The number of Topliss-reactive ketones (excluding diaryl/α,β-unsaturated/α-hetero) is 1. The summed E-state index contributed by atoms with van der Waals surface area (Å²) in [5, 5.41) is 0. The monoisotopic (exact) mass is 256 g/mol. The van der Waals surface area contributed by atoms with E-state index in [0.717, 1.165) is 55.6 Å². The minimum absolute atomic E-state index is 0.246. The van der Waals surface area contributed by atoms with Gasteiger partial charge in [-0.3, -0.25) is 9.79 Å². The molecule has 1 saturated carbocycles. The number of hydrogen-bond donors (Lipinski definition) is 0. The summed E-state index contributed by atoms with van der Waals surface area (Å²) in [6, 6.07) is 0. The number of unbranched alkanes of at least 4 members (excludes halogenated alkanes) is 1. The fraction of sp³-hybridized carbons (Fsp3) is 0.500. The summed E-state index contributed by atoms with van der Waals surface area (Å²) in [7, 11) is 0. The van der Waals surface area contributed by atoms with Crippen molar-refractivity contribution in [2.75, 3.05) is 6.54 Å². The van der Waals surface area contributed by atoms with Crippen LogP contribution in [0.25, 0.3) is 0 Å². The maximum atomic E-state index is 12.4. The van der Waals surface area contributed by atoms with Crippen molar-refractivity contribution in [2.24, 2.45) is 4.99 Å². The number of carbonyl (C=O) groups excluding carboxylic acids is 1. The molecule has 2 aliphatic carbocycles. The third-order valence-electron chi connectivity index (χ3n) is 4.02. The molecule has 3 rings (SSSR count). The van der Waals surface area contributed by atoms with Gasteiger partial charge in [0.1, 0.15) is 0 Å². The second-order valence-corrected chi connectivity index (χ2v) is 5.35. The Hall–Kier alpha value is -1.64. The van der Waals surface area contributed by atoms with E-state index in [1.54, 1.807) is 0 Å². The van der Waals surface area contributed by atoms with Gasteiger partial charge in [-0.2, -0.15) is 0 Å². The van der Waals surface area contributed by atoms with Crippen LogP contribution in [0.15, 0.2) is 40.3 Å². The van der Waals surface area contributed by atoms with Crippen LogP contribution in [0, 0.1) is 0 Å². The lowest BCUT2D eigenvalue weighted by atomic mass is 9.81. The van der Waals surface area contributed by atoms with Crippen molar-refractivity contribution in [3.63, 3.8) is 0 Å². The largest absolute Gasteiger partial charge is 0.343 e. The summed E-state index contributed by atoms with van der Waals surface area (Å²) in [5.74, 6) is 0.246. The molecule has 19 heavy (non-hydrogen) atoms. The normalized spacial score (nSPS) is 21.9. The smallest absolute Gasteiger partial charge is 0.183 e. The van der Waals surface area contributed by atoms with Gasteiger partial charge in [0.2, 0.25) is 0 Å². The summed E-state index contributed by atoms with van der Waals surface area (Å²) in [6.07, 6.45) is 12.0. The van der Waals surface area contributed by atoms with E-state index >= 15 is 0 Å². The van der Waals surface area contributed by atoms with Crippen molar-refractivity contribution < 1.29 is 4.79 Å². The zero-order valence-corrected chi connectivity index (χ0v) is 11.5. The number of ketones is 1. The molecule has 3 nitrogen and oxygen atoms in total. The lowest BCUT2D eigenvalue weighted by Crippen LogP contribution is -2.30. The van der Waals surface area contributed by atoms with E-state index in [1.807, 2.05) is 12.4 Å². The Bertz CT molecular complexity index is 523. The summed E-state index contributed by atoms with van der Waals surface area (Å²) in [4.78, 5) is 19.0. The Kier molecular flexibility index (Phi) is 3.36. The van der Waals surface area contributed by atoms with Crippen LogP contribution >= 0.6 is 0 Å². The van der Waals surface area contributed by atoms with Gasteiger partial charge < -0.3 is 4.90 Å². The molecule has 1 heterocycles. The molecule has 1 fully saturated rings. The van der Waals surface area contributed by atoms with Gasteiger partial charge in [-0.25, -0.2) is 0 Å². The van der Waals surface area contributed by atoms with Gasteiger partial charge in [0.25, 0.3) is 0 Å². The molecule has 0 aromatic rings. The molecule has 0 saturated heterocycles. The average Bonchev–Trinajstić information content (AvgIpc) is 2.61. The number of carbonyl (C=O) groups is 1. The standard InChI is InChI=1S/C16H20N2O/c1-2-3-10-18-11-9-17-13-6-4-5-12-7-8-14(19)16(18)15(12)13/h7,9,11H,2-6,8,10H2,1H3. The molecule has 0 N–H and O–H groups in total. The van der Waals surface area contributed by atoms with E-state index in [4.69, 9.17) is 0 Å². The van der Waals surface area contributed by atoms with Crippen LogP contribution in [-0.4, -0.2) is 22.9 Å². The second kappa shape index (κ2) is 5.16. The fourth-order valence-electron chi connectivity index (χ4n) is 3.05. The molecule has 0 atom stereocenters. The summed E-state index contributed by atoms with van der Waals surface area (Å²) in [6.45, 7) is 3.09. The van der Waals surface area contributed by atoms with Gasteiger partial charge in [0.15, 0.2) is 5.78 Å². The van der Waals surface area contributed by atoms with Crippen molar-refractivity contribution in [3.8, 4) is 0 Å². The number of aliphatic imine (C=N–C) groups is 1. The molecule has 0 unspecified atom stereocenters. The van der Waals surface area contributed by atoms with E-state index in [-0.39, 0.29) is 5.78 Å². The maximum Gasteiger partial charge on any atom is 0.183 e. The topological polar surface area (TPSA) is 32.7 Å². The van der Waals surface area contributed by atoms with Crippen LogP contribution in [0.3, 0.4) is 0 Å². The highest BCUT2D eigenvalue weighted by atomic mass is 16.1. The Morgan fingerprint density at radius 1 is 1.37 bits per heavy atom. The van der Waals surface area contributed by atoms with Crippen molar-refractivity contribution in [2.45, 2.75) is 45.4 Å². The van der Waals surface area contributed by atoms with Crippen molar-refractivity contribution >= 4 is 11.5 Å². The van der Waals surface area contributed by atoms with E-state index < -0.39 is 0 Å². The summed E-state index contributed by atoms with van der Waals surface area (Å²) >= 11 is 0. The van der Waals surface area contributed by atoms with Crippen LogP contribution in [0.2, 0.25) is 0 Å². The summed E-state index contributed by atoms with van der Waals surface area (Å²) < 4.78 is 0. The molecule has 3 heteroatoms. The zero-order valence-electron chi connectivity index (χ0n) is 11.5. The molecule has 3 aliphatic rings. The van der Waals surface area contributed by atoms with E-state index in [0.29, 0.717) is 6.42 Å². The Balaban J connectivity index is 2.05. The van der Waals surface area contributed by atoms with E-state index in [2.05, 4.69) is 22.9 Å². The van der Waals surface area contributed by atoms with Crippen molar-refractivity contribution in [1.82, 2.24) is 4.90 Å². The van der Waals surface area contributed by atoms with Crippen LogP contribution in [0.5, 0.6) is 0 Å². The van der Waals surface area contributed by atoms with Crippen LogP contribution < -0.4 is 0 Å². The first-order chi connectivity index (χ1) is 9.31. The van der Waals surface area contributed by atoms with Crippen molar-refractivity contribution in [1.29, 1.82) is 0 Å². The zero-order chi connectivity index (χ0) is 13.2. The number of nitrogens with zero attached hydrogens (tertiary/aromatic N) is 2. The van der Waals surface area contributed by atoms with Gasteiger partial charge in [0.05, 0.1) is 11.4 Å². The second-order valence-electron chi connectivity index (χ2n) is 5.35. The SMILES string of the molecule is CCCCN1C=CN=C2CCCC3=CCC(=O)C1=C32. The molecule has 0 radical (unpaired) electrons. The lowest BCUT2D eigenvalue weighted by molar-refractivity contribution is -0.116. The number of rotatable bonds is 3. The Morgan fingerprint density at radius 3 is 3.11 bits per heavy atom. The third-order valence-corrected chi connectivity index (χ3v) is 4.02. The highest BCUT2D eigenvalue weighted by Gasteiger charge is 2.31. The van der Waals surface area contributed by atoms with Crippen molar-refractivity contribution in [3.05, 3.63) is 35.3 Å². The van der Waals surface area contributed by atoms with Crippen LogP contribution in [0.4, 0.5) is 0 Å². The van der Waals surface area contributed by atoms with Gasteiger partial charge in [-0.05, 0) is 31.3 Å². The molecule has 0 aromatic carbocycles.